The van der Waals surface area contributed by atoms with Gasteiger partial charge in [0.2, 0.25) is 5.91 Å². The Kier molecular flexibility index (Phi) is 36.0. The molecule has 0 aliphatic carbocycles. The lowest BCUT2D eigenvalue weighted by molar-refractivity contribution is -0.123. The topological polar surface area (TPSA) is 107 Å². The second kappa shape index (κ2) is 29.3. The maximum Gasteiger partial charge on any atom is 0.220 e. The van der Waals surface area contributed by atoms with Crippen LogP contribution >= 0.6 is 37.2 Å². The maximum absolute atomic E-state index is 12.6. The van der Waals surface area contributed by atoms with Gasteiger partial charge in [-0.2, -0.15) is 0 Å². The van der Waals surface area contributed by atoms with E-state index in [2.05, 4.69) is 12.2 Å². The molecular weight excluding hydrogens is 467 g/mol. The van der Waals surface area contributed by atoms with E-state index >= 15 is 0 Å². The summed E-state index contributed by atoms with van der Waals surface area (Å²) >= 11 is 0. The molecule has 0 aliphatic heterocycles. The second-order valence-corrected chi connectivity index (χ2v) is 8.79. The van der Waals surface area contributed by atoms with Crippen LogP contribution in [0.3, 0.4) is 0 Å². The third kappa shape index (κ3) is 23.4. The van der Waals surface area contributed by atoms with Crippen molar-refractivity contribution < 1.29 is 4.79 Å². The summed E-state index contributed by atoms with van der Waals surface area (Å²) in [6, 6.07) is 0. The molecule has 0 saturated carbocycles. The van der Waals surface area contributed by atoms with Gasteiger partial charge in [0.25, 0.3) is 0 Å². The van der Waals surface area contributed by atoms with Crippen LogP contribution in [0.4, 0.5) is 0 Å². The standard InChI is InChI=1S/C24H52N4O.3ClH/c1-2-3-4-5-6-7-8-9-10-11-12-16-23(29)28-24(17-13-20-25,18-14-21-26)19-15-22-27;;;/h2-22,25-27H2,1H3,(H,28,29);3*1H. The number of nitrogens with one attached hydrogen (secondary N) is 1. The van der Waals surface area contributed by atoms with Gasteiger partial charge in [0.05, 0.1) is 0 Å². The van der Waals surface area contributed by atoms with Gasteiger partial charge >= 0.3 is 0 Å². The van der Waals surface area contributed by atoms with Gasteiger partial charge in [-0.05, 0) is 64.6 Å². The Balaban J connectivity index is -0.00000131. The number of unbranched alkanes of at least 4 members (excludes halogenated alkanes) is 10. The fraction of sp³-hybridized carbons (Fsp3) is 0.958. The Labute approximate surface area is 217 Å². The van der Waals surface area contributed by atoms with E-state index in [1.54, 1.807) is 0 Å². The van der Waals surface area contributed by atoms with Crippen LogP contribution in [0.2, 0.25) is 0 Å². The van der Waals surface area contributed by atoms with Crippen LogP contribution in [-0.2, 0) is 4.79 Å². The first kappa shape index (κ1) is 39.4. The van der Waals surface area contributed by atoms with Crippen molar-refractivity contribution in [3.05, 3.63) is 0 Å². The van der Waals surface area contributed by atoms with E-state index in [4.69, 9.17) is 17.2 Å². The van der Waals surface area contributed by atoms with Crippen molar-refractivity contribution in [3.63, 3.8) is 0 Å². The number of amides is 1. The quantitative estimate of drug-likeness (QED) is 0.131. The molecule has 0 heterocycles. The van der Waals surface area contributed by atoms with Crippen molar-refractivity contribution in [2.24, 2.45) is 17.2 Å². The van der Waals surface area contributed by atoms with E-state index in [9.17, 15) is 4.79 Å². The molecule has 0 saturated heterocycles. The van der Waals surface area contributed by atoms with E-state index in [0.29, 0.717) is 26.1 Å². The van der Waals surface area contributed by atoms with Crippen molar-refractivity contribution >= 4 is 43.1 Å². The Morgan fingerprint density at radius 3 is 1.28 bits per heavy atom. The smallest absolute Gasteiger partial charge is 0.220 e. The summed E-state index contributed by atoms with van der Waals surface area (Å²) in [5, 5.41) is 3.36. The fourth-order valence-electron chi connectivity index (χ4n) is 4.19. The number of hydrogen-bond acceptors (Lipinski definition) is 4. The summed E-state index contributed by atoms with van der Waals surface area (Å²) in [5.41, 5.74) is 17.0. The minimum absolute atomic E-state index is 0. The highest BCUT2D eigenvalue weighted by Gasteiger charge is 2.29. The Morgan fingerprint density at radius 1 is 0.594 bits per heavy atom. The third-order valence-electron chi connectivity index (χ3n) is 5.99. The Hall–Kier alpha value is 0.220. The summed E-state index contributed by atoms with van der Waals surface area (Å²) in [5.74, 6) is 0.187. The number of halogens is 3. The largest absolute Gasteiger partial charge is 0.351 e. The number of carbonyl (C=O) groups excluding carboxylic acids is 1. The van der Waals surface area contributed by atoms with E-state index < -0.39 is 0 Å². The van der Waals surface area contributed by atoms with E-state index in [1.165, 1.54) is 57.8 Å². The molecule has 1 amide bonds. The molecule has 0 atom stereocenters. The summed E-state index contributed by atoms with van der Waals surface area (Å²) in [4.78, 5) is 12.6. The first-order valence-corrected chi connectivity index (χ1v) is 12.6. The molecule has 0 aromatic carbocycles. The molecular formula is C24H55Cl3N4O. The van der Waals surface area contributed by atoms with Crippen LogP contribution in [0.25, 0.3) is 0 Å². The molecule has 8 heteroatoms. The zero-order chi connectivity index (χ0) is 21.6. The average Bonchev–Trinajstić information content (AvgIpc) is 2.73. The number of rotatable bonds is 22. The van der Waals surface area contributed by atoms with E-state index in [-0.39, 0.29) is 48.7 Å². The highest BCUT2D eigenvalue weighted by atomic mass is 35.5. The summed E-state index contributed by atoms with van der Waals surface area (Å²) < 4.78 is 0. The maximum atomic E-state index is 12.6. The Bertz CT molecular complexity index is 355. The average molecular weight is 522 g/mol. The monoisotopic (exact) mass is 520 g/mol. The van der Waals surface area contributed by atoms with Crippen molar-refractivity contribution in [2.45, 2.75) is 128 Å². The van der Waals surface area contributed by atoms with Gasteiger partial charge in [-0.15, -0.1) is 37.2 Å². The normalized spacial score (nSPS) is 10.6. The highest BCUT2D eigenvalue weighted by Crippen LogP contribution is 2.25. The zero-order valence-electron chi connectivity index (χ0n) is 20.7. The summed E-state index contributed by atoms with van der Waals surface area (Å²) in [6.07, 6.45) is 20.5. The van der Waals surface area contributed by atoms with Gasteiger partial charge in [0, 0.05) is 12.0 Å². The van der Waals surface area contributed by atoms with Crippen LogP contribution in [0, 0.1) is 0 Å². The van der Waals surface area contributed by atoms with Gasteiger partial charge in [-0.25, -0.2) is 0 Å². The lowest BCUT2D eigenvalue weighted by atomic mass is 9.83. The summed E-state index contributed by atoms with van der Waals surface area (Å²) in [7, 11) is 0. The second-order valence-electron chi connectivity index (χ2n) is 8.79. The molecule has 0 aromatic heterocycles. The van der Waals surface area contributed by atoms with Gasteiger partial charge < -0.3 is 22.5 Å². The molecule has 0 radical (unpaired) electrons. The van der Waals surface area contributed by atoms with Crippen LogP contribution in [0.15, 0.2) is 0 Å². The van der Waals surface area contributed by atoms with E-state index in [1.807, 2.05) is 0 Å². The van der Waals surface area contributed by atoms with Crippen molar-refractivity contribution in [2.75, 3.05) is 19.6 Å². The molecule has 0 aromatic rings. The zero-order valence-corrected chi connectivity index (χ0v) is 23.2. The molecule has 0 bridgehead atoms. The minimum Gasteiger partial charge on any atom is -0.351 e. The third-order valence-corrected chi connectivity index (χ3v) is 5.99. The first-order chi connectivity index (χ1) is 14.1. The van der Waals surface area contributed by atoms with Crippen molar-refractivity contribution in [3.8, 4) is 0 Å². The molecule has 7 N–H and O–H groups in total. The van der Waals surface area contributed by atoms with Crippen LogP contribution in [0.1, 0.15) is 122 Å². The molecule has 198 valence electrons. The lowest BCUT2D eigenvalue weighted by Gasteiger charge is -2.35. The molecule has 0 unspecified atom stereocenters. The number of hydrogen-bond donors (Lipinski definition) is 4. The lowest BCUT2D eigenvalue weighted by Crippen LogP contribution is -2.49. The number of carbonyl (C=O) groups is 1. The molecule has 0 rings (SSSR count). The predicted molar refractivity (Wildman–Crippen MR) is 149 cm³/mol. The predicted octanol–water partition coefficient (Wildman–Crippen LogP) is 6.02. The Morgan fingerprint density at radius 2 is 0.938 bits per heavy atom. The fourth-order valence-corrected chi connectivity index (χ4v) is 4.19. The van der Waals surface area contributed by atoms with Crippen molar-refractivity contribution in [1.29, 1.82) is 0 Å². The van der Waals surface area contributed by atoms with Gasteiger partial charge in [-0.1, -0.05) is 71.1 Å². The first-order valence-electron chi connectivity index (χ1n) is 12.6. The van der Waals surface area contributed by atoms with E-state index in [0.717, 1.165) is 51.4 Å². The number of nitrogens with two attached hydrogens (primary N) is 3. The van der Waals surface area contributed by atoms with Crippen LogP contribution in [0.5, 0.6) is 0 Å². The summed E-state index contributed by atoms with van der Waals surface area (Å²) in [6.45, 7) is 4.23. The van der Waals surface area contributed by atoms with Gasteiger partial charge in [-0.3, -0.25) is 4.79 Å². The van der Waals surface area contributed by atoms with Gasteiger partial charge in [0.1, 0.15) is 0 Å². The van der Waals surface area contributed by atoms with Crippen LogP contribution in [-0.4, -0.2) is 31.1 Å². The van der Waals surface area contributed by atoms with Crippen LogP contribution < -0.4 is 22.5 Å². The molecule has 0 aliphatic rings. The van der Waals surface area contributed by atoms with Crippen molar-refractivity contribution in [1.82, 2.24) is 5.32 Å². The van der Waals surface area contributed by atoms with Gasteiger partial charge in [0.15, 0.2) is 0 Å². The SMILES string of the molecule is CCCCCCCCCCCCCC(=O)NC(CCCN)(CCCN)CCCN.Cl.Cl.Cl. The molecule has 5 nitrogen and oxygen atoms in total. The molecule has 32 heavy (non-hydrogen) atoms. The molecule has 0 spiro atoms. The molecule has 0 fully saturated rings. The minimum atomic E-state index is -0.174. The highest BCUT2D eigenvalue weighted by molar-refractivity contribution is 5.86.